The second-order valence-corrected chi connectivity index (χ2v) is 3.66. The van der Waals surface area contributed by atoms with Gasteiger partial charge in [0.2, 0.25) is 0 Å². The van der Waals surface area contributed by atoms with Gasteiger partial charge in [-0.05, 0) is 12.2 Å². The lowest BCUT2D eigenvalue weighted by Crippen LogP contribution is -2.12. The second kappa shape index (κ2) is 7.26. The Balaban J connectivity index is 3.29. The fraction of sp³-hybridized carbons (Fsp3) is 0.333. The van der Waals surface area contributed by atoms with Crippen LogP contribution in [0.5, 0.6) is 0 Å². The van der Waals surface area contributed by atoms with Crippen molar-refractivity contribution in [1.29, 1.82) is 0 Å². The third-order valence-corrected chi connectivity index (χ3v) is 1.42. The summed E-state index contributed by atoms with van der Waals surface area (Å²) in [6.45, 7) is 1.19. The first-order valence-corrected chi connectivity index (χ1v) is 4.37. The average Bonchev–Trinajstić information content (AvgIpc) is 1.85. The van der Waals surface area contributed by atoms with Crippen LogP contribution in [0.15, 0.2) is 21.1 Å². The lowest BCUT2D eigenvalue weighted by Gasteiger charge is -1.94. The molecule has 0 bridgehead atoms. The lowest BCUT2D eigenvalue weighted by molar-refractivity contribution is 0.843. The topological polar surface area (TPSA) is 12.0 Å². The molecule has 0 aromatic heterocycles. The normalized spacial score (nSPS) is 9.09. The zero-order chi connectivity index (χ0) is 8.69. The summed E-state index contributed by atoms with van der Waals surface area (Å²) in [5.74, 6) is 0. The summed E-state index contributed by atoms with van der Waals surface area (Å²) in [7, 11) is 0. The van der Waals surface area contributed by atoms with E-state index in [-0.39, 0.29) is 8.98 Å². The molecule has 0 aliphatic rings. The highest BCUT2D eigenvalue weighted by atomic mass is 35.5. The van der Waals surface area contributed by atoms with Crippen molar-refractivity contribution in [2.75, 3.05) is 13.1 Å². The maximum Gasteiger partial charge on any atom is 0.104 e. The van der Waals surface area contributed by atoms with E-state index in [4.69, 9.17) is 46.4 Å². The van der Waals surface area contributed by atoms with Gasteiger partial charge in [-0.3, -0.25) is 0 Å². The Hall–Kier alpha value is 0.600. The van der Waals surface area contributed by atoms with Gasteiger partial charge in [0, 0.05) is 13.1 Å². The first-order valence-electron chi connectivity index (χ1n) is 2.86. The molecule has 0 saturated carbocycles. The molecule has 0 atom stereocenters. The summed E-state index contributed by atoms with van der Waals surface area (Å²) >= 11 is 21.4. The van der Waals surface area contributed by atoms with Crippen molar-refractivity contribution in [3.05, 3.63) is 21.1 Å². The van der Waals surface area contributed by atoms with Gasteiger partial charge in [0.05, 0.1) is 0 Å². The summed E-state index contributed by atoms with van der Waals surface area (Å²) in [5, 5.41) is 2.96. The van der Waals surface area contributed by atoms with Crippen molar-refractivity contribution in [2.24, 2.45) is 0 Å². The zero-order valence-corrected chi connectivity index (χ0v) is 8.60. The average molecular weight is 235 g/mol. The van der Waals surface area contributed by atoms with Crippen molar-refractivity contribution < 1.29 is 0 Å². The van der Waals surface area contributed by atoms with E-state index >= 15 is 0 Å². The van der Waals surface area contributed by atoms with Gasteiger partial charge in [0.1, 0.15) is 8.98 Å². The number of nitrogens with one attached hydrogen (secondary N) is 1. The molecule has 0 unspecified atom stereocenters. The molecule has 0 aliphatic carbocycles. The maximum atomic E-state index is 5.34. The predicted octanol–water partition coefficient (Wildman–Crippen LogP) is 3.21. The molecule has 0 spiro atoms. The van der Waals surface area contributed by atoms with Crippen molar-refractivity contribution in [3.63, 3.8) is 0 Å². The van der Waals surface area contributed by atoms with Gasteiger partial charge in [-0.25, -0.2) is 0 Å². The first-order chi connectivity index (χ1) is 5.13. The lowest BCUT2D eigenvalue weighted by atomic mass is 10.5. The SMILES string of the molecule is ClC(Cl)=CCNCC=C(Cl)Cl. The highest BCUT2D eigenvalue weighted by molar-refractivity contribution is 6.56. The molecule has 5 heteroatoms. The van der Waals surface area contributed by atoms with Crippen LogP contribution in [0, 0.1) is 0 Å². The molecule has 0 amide bonds. The largest absolute Gasteiger partial charge is 0.310 e. The smallest absolute Gasteiger partial charge is 0.104 e. The van der Waals surface area contributed by atoms with Crippen LogP contribution in [0.3, 0.4) is 0 Å². The summed E-state index contributed by atoms with van der Waals surface area (Å²) in [6.07, 6.45) is 3.28. The molecule has 0 saturated heterocycles. The van der Waals surface area contributed by atoms with E-state index in [2.05, 4.69) is 5.32 Å². The molecule has 0 radical (unpaired) electrons. The molecule has 0 heterocycles. The van der Waals surface area contributed by atoms with Crippen LogP contribution < -0.4 is 5.32 Å². The van der Waals surface area contributed by atoms with Gasteiger partial charge in [-0.15, -0.1) is 0 Å². The van der Waals surface area contributed by atoms with E-state index in [9.17, 15) is 0 Å². The van der Waals surface area contributed by atoms with Gasteiger partial charge < -0.3 is 5.32 Å². The van der Waals surface area contributed by atoms with Crippen molar-refractivity contribution >= 4 is 46.4 Å². The molecule has 11 heavy (non-hydrogen) atoms. The number of rotatable bonds is 4. The Morgan fingerprint density at radius 3 is 1.55 bits per heavy atom. The Morgan fingerprint density at radius 2 is 1.27 bits per heavy atom. The highest BCUT2D eigenvalue weighted by Crippen LogP contribution is 2.05. The summed E-state index contributed by atoms with van der Waals surface area (Å²) in [5.41, 5.74) is 0. The van der Waals surface area contributed by atoms with E-state index in [1.54, 1.807) is 12.2 Å². The molecule has 0 fully saturated rings. The number of hydrogen-bond acceptors (Lipinski definition) is 1. The predicted molar refractivity (Wildman–Crippen MR) is 52.4 cm³/mol. The van der Waals surface area contributed by atoms with Crippen LogP contribution in [-0.4, -0.2) is 13.1 Å². The third-order valence-electron chi connectivity index (χ3n) is 0.801. The summed E-state index contributed by atoms with van der Waals surface area (Å²) in [4.78, 5) is 0. The van der Waals surface area contributed by atoms with E-state index < -0.39 is 0 Å². The van der Waals surface area contributed by atoms with Crippen LogP contribution in [0.1, 0.15) is 0 Å². The molecule has 0 aromatic rings. The van der Waals surface area contributed by atoms with E-state index in [0.29, 0.717) is 13.1 Å². The standard InChI is InChI=1S/C6H7Cl4N/c7-5(8)1-3-11-4-2-6(9)10/h1-2,11H,3-4H2. The fourth-order valence-corrected chi connectivity index (χ4v) is 0.691. The molecular weight excluding hydrogens is 228 g/mol. The summed E-state index contributed by atoms with van der Waals surface area (Å²) < 4.78 is 0.497. The molecule has 1 N–H and O–H groups in total. The maximum absolute atomic E-state index is 5.34. The fourth-order valence-electron chi connectivity index (χ4n) is 0.382. The Bertz CT molecular complexity index is 138. The zero-order valence-electron chi connectivity index (χ0n) is 5.58. The highest BCUT2D eigenvalue weighted by Gasteiger charge is 1.84. The van der Waals surface area contributed by atoms with Gasteiger partial charge in [0.15, 0.2) is 0 Å². The first kappa shape index (κ1) is 11.6. The van der Waals surface area contributed by atoms with Gasteiger partial charge in [-0.2, -0.15) is 0 Å². The van der Waals surface area contributed by atoms with Gasteiger partial charge >= 0.3 is 0 Å². The molecular formula is C6H7Cl4N. The van der Waals surface area contributed by atoms with Crippen molar-refractivity contribution in [2.45, 2.75) is 0 Å². The van der Waals surface area contributed by atoms with Gasteiger partial charge in [-0.1, -0.05) is 46.4 Å². The van der Waals surface area contributed by atoms with E-state index in [1.807, 2.05) is 0 Å². The molecule has 0 rings (SSSR count). The molecule has 64 valence electrons. The minimum absolute atomic E-state index is 0.249. The Morgan fingerprint density at radius 1 is 0.909 bits per heavy atom. The minimum Gasteiger partial charge on any atom is -0.310 e. The number of halogens is 4. The number of hydrogen-bond donors (Lipinski definition) is 1. The Labute approximate surface area is 85.9 Å². The van der Waals surface area contributed by atoms with E-state index in [1.165, 1.54) is 0 Å². The summed E-state index contributed by atoms with van der Waals surface area (Å²) in [6, 6.07) is 0. The van der Waals surface area contributed by atoms with Crippen LogP contribution in [0.2, 0.25) is 0 Å². The molecule has 0 aromatic carbocycles. The molecule has 1 nitrogen and oxygen atoms in total. The quantitative estimate of drug-likeness (QED) is 0.737. The van der Waals surface area contributed by atoms with Crippen LogP contribution in [0.4, 0.5) is 0 Å². The van der Waals surface area contributed by atoms with Crippen molar-refractivity contribution in [1.82, 2.24) is 5.32 Å². The van der Waals surface area contributed by atoms with Crippen LogP contribution in [-0.2, 0) is 0 Å². The van der Waals surface area contributed by atoms with Crippen LogP contribution >= 0.6 is 46.4 Å². The monoisotopic (exact) mass is 233 g/mol. The van der Waals surface area contributed by atoms with Crippen molar-refractivity contribution in [3.8, 4) is 0 Å². The van der Waals surface area contributed by atoms with Gasteiger partial charge in [0.25, 0.3) is 0 Å². The van der Waals surface area contributed by atoms with E-state index in [0.717, 1.165) is 0 Å². The minimum atomic E-state index is 0.249. The second-order valence-electron chi connectivity index (χ2n) is 1.65. The van der Waals surface area contributed by atoms with Crippen LogP contribution in [0.25, 0.3) is 0 Å². The molecule has 0 aliphatic heterocycles. The third kappa shape index (κ3) is 10.6. The Kier molecular flexibility index (Phi) is 7.66.